The first-order valence-corrected chi connectivity index (χ1v) is 8.31. The maximum atomic E-state index is 14.0. The summed E-state index contributed by atoms with van der Waals surface area (Å²) in [4.78, 5) is 20.8. The van der Waals surface area contributed by atoms with Crippen molar-refractivity contribution in [2.75, 3.05) is 24.5 Å². The number of hydrogen-bond donors (Lipinski definition) is 0. The van der Waals surface area contributed by atoms with Gasteiger partial charge in [0.15, 0.2) is 0 Å². The van der Waals surface area contributed by atoms with Gasteiger partial charge in [0.2, 0.25) is 0 Å². The molecule has 0 radical (unpaired) electrons. The average Bonchev–Trinajstić information content (AvgIpc) is 3.05. The van der Waals surface area contributed by atoms with Crippen LogP contribution in [0.15, 0.2) is 36.8 Å². The van der Waals surface area contributed by atoms with Crippen LogP contribution in [0, 0.1) is 5.82 Å². The van der Waals surface area contributed by atoms with Crippen molar-refractivity contribution in [3.63, 3.8) is 0 Å². The van der Waals surface area contributed by atoms with Gasteiger partial charge in [0.1, 0.15) is 11.5 Å². The van der Waals surface area contributed by atoms with Crippen molar-refractivity contribution in [1.29, 1.82) is 0 Å². The standard InChI is InChI=1S/C18H23FN4O/c1-13(2)22-11-16(20-12-22)18(24)23-9-8-21(10-14(23)3)17-7-5-4-6-15(17)19/h4-7,11-14H,8-10H2,1-3H3/t14-/m0/s1. The maximum Gasteiger partial charge on any atom is 0.274 e. The molecular formula is C18H23FN4O. The Kier molecular flexibility index (Phi) is 4.55. The first-order valence-electron chi connectivity index (χ1n) is 8.31. The zero-order chi connectivity index (χ0) is 17.3. The number of piperazine rings is 1. The van der Waals surface area contributed by atoms with E-state index in [0.717, 1.165) is 0 Å². The third kappa shape index (κ3) is 3.13. The van der Waals surface area contributed by atoms with Gasteiger partial charge >= 0.3 is 0 Å². The van der Waals surface area contributed by atoms with Crippen molar-refractivity contribution in [1.82, 2.24) is 14.5 Å². The molecule has 0 N–H and O–H groups in total. The molecule has 1 aromatic carbocycles. The molecule has 2 aromatic rings. The highest BCUT2D eigenvalue weighted by Crippen LogP contribution is 2.23. The van der Waals surface area contributed by atoms with Crippen LogP contribution < -0.4 is 4.90 Å². The zero-order valence-electron chi connectivity index (χ0n) is 14.3. The van der Waals surface area contributed by atoms with Crippen molar-refractivity contribution in [2.24, 2.45) is 0 Å². The van der Waals surface area contributed by atoms with Crippen molar-refractivity contribution >= 4 is 11.6 Å². The van der Waals surface area contributed by atoms with Gasteiger partial charge in [-0.05, 0) is 32.9 Å². The minimum Gasteiger partial charge on any atom is -0.365 e. The Morgan fingerprint density at radius 2 is 2.04 bits per heavy atom. The van der Waals surface area contributed by atoms with E-state index in [1.54, 1.807) is 24.7 Å². The lowest BCUT2D eigenvalue weighted by molar-refractivity contribution is 0.0668. The lowest BCUT2D eigenvalue weighted by atomic mass is 10.1. The van der Waals surface area contributed by atoms with Gasteiger partial charge in [-0.2, -0.15) is 0 Å². The van der Waals surface area contributed by atoms with Gasteiger partial charge in [-0.1, -0.05) is 12.1 Å². The number of imidazole rings is 1. The van der Waals surface area contributed by atoms with Crippen LogP contribution in [0.1, 0.15) is 37.3 Å². The van der Waals surface area contributed by atoms with E-state index < -0.39 is 0 Å². The number of rotatable bonds is 3. The SMILES string of the molecule is CC(C)n1cnc(C(=O)N2CCN(c3ccccc3F)C[C@@H]2C)c1. The molecule has 128 valence electrons. The summed E-state index contributed by atoms with van der Waals surface area (Å²) in [6.45, 7) is 7.87. The number of para-hydroxylation sites is 1. The Balaban J connectivity index is 1.71. The minimum absolute atomic E-state index is 0.00458. The average molecular weight is 330 g/mol. The second-order valence-electron chi connectivity index (χ2n) is 6.54. The first-order chi connectivity index (χ1) is 11.5. The zero-order valence-corrected chi connectivity index (χ0v) is 14.3. The molecule has 0 spiro atoms. The van der Waals surface area contributed by atoms with Crippen molar-refractivity contribution in [3.8, 4) is 0 Å². The van der Waals surface area contributed by atoms with E-state index in [1.807, 2.05) is 41.2 Å². The second kappa shape index (κ2) is 6.63. The summed E-state index contributed by atoms with van der Waals surface area (Å²) in [5.41, 5.74) is 1.07. The Morgan fingerprint density at radius 1 is 1.29 bits per heavy atom. The van der Waals surface area contributed by atoms with Gasteiger partial charge in [0, 0.05) is 37.9 Å². The summed E-state index contributed by atoms with van der Waals surface area (Å²) < 4.78 is 15.9. The Hall–Kier alpha value is -2.37. The highest BCUT2D eigenvalue weighted by molar-refractivity contribution is 5.92. The summed E-state index contributed by atoms with van der Waals surface area (Å²) in [5, 5.41) is 0. The molecule has 1 fully saturated rings. The van der Waals surface area contributed by atoms with Crippen molar-refractivity contribution < 1.29 is 9.18 Å². The lowest BCUT2D eigenvalue weighted by Crippen LogP contribution is -2.54. The number of nitrogens with zero attached hydrogens (tertiary/aromatic N) is 4. The van der Waals surface area contributed by atoms with Crippen LogP contribution >= 0.6 is 0 Å². The smallest absolute Gasteiger partial charge is 0.274 e. The van der Waals surface area contributed by atoms with E-state index in [2.05, 4.69) is 4.98 Å². The number of halogens is 1. The van der Waals surface area contributed by atoms with Crippen LogP contribution in [0.25, 0.3) is 0 Å². The predicted octanol–water partition coefficient (Wildman–Crippen LogP) is 2.95. The Morgan fingerprint density at radius 3 is 2.67 bits per heavy atom. The van der Waals surface area contributed by atoms with Crippen LogP contribution in [0.2, 0.25) is 0 Å². The van der Waals surface area contributed by atoms with Crippen LogP contribution in [-0.4, -0.2) is 46.0 Å². The fourth-order valence-corrected chi connectivity index (χ4v) is 3.06. The molecule has 1 amide bonds. The highest BCUT2D eigenvalue weighted by atomic mass is 19.1. The van der Waals surface area contributed by atoms with Crippen molar-refractivity contribution in [2.45, 2.75) is 32.9 Å². The largest absolute Gasteiger partial charge is 0.365 e. The maximum absolute atomic E-state index is 14.0. The minimum atomic E-state index is -0.222. The topological polar surface area (TPSA) is 41.4 Å². The molecule has 1 aliphatic rings. The molecule has 1 aliphatic heterocycles. The molecule has 0 aliphatic carbocycles. The summed E-state index contributed by atoms with van der Waals surface area (Å²) >= 11 is 0. The number of anilines is 1. The van der Waals surface area contributed by atoms with Crippen LogP contribution in [0.4, 0.5) is 10.1 Å². The molecule has 5 nitrogen and oxygen atoms in total. The van der Waals surface area contributed by atoms with Crippen LogP contribution in [-0.2, 0) is 0 Å². The summed E-state index contributed by atoms with van der Waals surface area (Å²) in [7, 11) is 0. The van der Waals surface area contributed by atoms with E-state index in [0.29, 0.717) is 31.0 Å². The molecule has 6 heteroatoms. The molecule has 0 bridgehead atoms. The van der Waals surface area contributed by atoms with E-state index in [9.17, 15) is 9.18 Å². The van der Waals surface area contributed by atoms with Gasteiger partial charge in [-0.25, -0.2) is 9.37 Å². The lowest BCUT2D eigenvalue weighted by Gasteiger charge is -2.40. The van der Waals surface area contributed by atoms with E-state index >= 15 is 0 Å². The molecule has 1 saturated heterocycles. The van der Waals surface area contributed by atoms with Gasteiger partial charge < -0.3 is 14.4 Å². The van der Waals surface area contributed by atoms with Gasteiger partial charge in [-0.3, -0.25) is 4.79 Å². The number of hydrogen-bond acceptors (Lipinski definition) is 3. The van der Waals surface area contributed by atoms with E-state index in [-0.39, 0.29) is 23.8 Å². The van der Waals surface area contributed by atoms with E-state index in [1.165, 1.54) is 6.07 Å². The molecule has 0 saturated carbocycles. The summed E-state index contributed by atoms with van der Waals surface area (Å²) in [6, 6.07) is 7.04. The number of benzene rings is 1. The number of aromatic nitrogens is 2. The third-order valence-electron chi connectivity index (χ3n) is 4.50. The highest BCUT2D eigenvalue weighted by Gasteiger charge is 2.30. The number of carbonyl (C=O) groups is 1. The Labute approximate surface area is 141 Å². The predicted molar refractivity (Wildman–Crippen MR) is 91.7 cm³/mol. The molecule has 1 aromatic heterocycles. The molecule has 3 rings (SSSR count). The molecule has 2 heterocycles. The van der Waals surface area contributed by atoms with Crippen LogP contribution in [0.5, 0.6) is 0 Å². The second-order valence-corrected chi connectivity index (χ2v) is 6.54. The van der Waals surface area contributed by atoms with Crippen LogP contribution in [0.3, 0.4) is 0 Å². The fourth-order valence-electron chi connectivity index (χ4n) is 3.06. The quantitative estimate of drug-likeness (QED) is 0.869. The fraction of sp³-hybridized carbons (Fsp3) is 0.444. The molecule has 24 heavy (non-hydrogen) atoms. The number of amides is 1. The van der Waals surface area contributed by atoms with Gasteiger partial charge in [0.25, 0.3) is 5.91 Å². The Bertz CT molecular complexity index is 727. The summed E-state index contributed by atoms with van der Waals surface area (Å²) in [6.07, 6.45) is 3.49. The molecule has 1 atom stereocenters. The summed E-state index contributed by atoms with van der Waals surface area (Å²) in [5.74, 6) is -0.282. The third-order valence-corrected chi connectivity index (χ3v) is 4.50. The van der Waals surface area contributed by atoms with Gasteiger partial charge in [0.05, 0.1) is 12.0 Å². The monoisotopic (exact) mass is 330 g/mol. The van der Waals surface area contributed by atoms with Gasteiger partial charge in [-0.15, -0.1) is 0 Å². The normalized spacial score (nSPS) is 18.3. The van der Waals surface area contributed by atoms with E-state index in [4.69, 9.17) is 0 Å². The van der Waals surface area contributed by atoms with Crippen molar-refractivity contribution in [3.05, 3.63) is 48.3 Å². The molecule has 0 unspecified atom stereocenters. The molecular weight excluding hydrogens is 307 g/mol. The first kappa shape index (κ1) is 16.5. The number of carbonyl (C=O) groups excluding carboxylic acids is 1.